The SMILES string of the molecule is Cn1c(=O)n(C2CCC(=O)NC2=O)c2ccc(CN3CCC(CCC4CCN(C(=O)OC(C)(C)C)CC4)CC3)cc21. The molecule has 0 saturated carbocycles. The van der Waals surface area contributed by atoms with Crippen LogP contribution >= 0.6 is 0 Å². The molecule has 3 aliphatic heterocycles. The molecule has 1 unspecified atom stereocenters. The van der Waals surface area contributed by atoms with Gasteiger partial charge in [0.25, 0.3) is 0 Å². The summed E-state index contributed by atoms with van der Waals surface area (Å²) < 4.78 is 8.67. The normalized spacial score (nSPS) is 21.9. The number of hydrogen-bond donors (Lipinski definition) is 1. The number of aromatic nitrogens is 2. The molecule has 0 aliphatic carbocycles. The largest absolute Gasteiger partial charge is 0.444 e. The van der Waals surface area contributed by atoms with E-state index in [4.69, 9.17) is 4.74 Å². The van der Waals surface area contributed by atoms with Crippen molar-refractivity contribution in [1.82, 2.24) is 24.3 Å². The van der Waals surface area contributed by atoms with Crippen molar-refractivity contribution in [2.45, 2.75) is 90.3 Å². The maximum Gasteiger partial charge on any atom is 0.410 e. The minimum atomic E-state index is -0.661. The molecule has 0 spiro atoms. The van der Waals surface area contributed by atoms with Crippen LogP contribution in [0.4, 0.5) is 4.79 Å². The first kappa shape index (κ1) is 29.4. The van der Waals surface area contributed by atoms with E-state index >= 15 is 0 Å². The number of carbonyl (C=O) groups excluding carboxylic acids is 3. The van der Waals surface area contributed by atoms with Crippen molar-refractivity contribution in [3.8, 4) is 0 Å². The Labute approximate surface area is 242 Å². The first-order chi connectivity index (χ1) is 19.5. The summed E-state index contributed by atoms with van der Waals surface area (Å²) in [5.41, 5.74) is 2.01. The Hall–Kier alpha value is -3.14. The van der Waals surface area contributed by atoms with Gasteiger partial charge in [-0.25, -0.2) is 9.59 Å². The number of nitrogens with zero attached hydrogens (tertiary/aromatic N) is 4. The minimum absolute atomic E-state index is 0.184. The highest BCUT2D eigenvalue weighted by Gasteiger charge is 2.32. The second kappa shape index (κ2) is 12.0. The van der Waals surface area contributed by atoms with Gasteiger partial charge in [0.05, 0.1) is 11.0 Å². The maximum absolute atomic E-state index is 13.1. The number of fused-ring (bicyclic) bond motifs is 1. The molecule has 0 bridgehead atoms. The molecule has 3 aliphatic rings. The number of amides is 3. The molecule has 2 aromatic rings. The summed E-state index contributed by atoms with van der Waals surface area (Å²) in [6, 6.07) is 5.40. The van der Waals surface area contributed by atoms with Gasteiger partial charge < -0.3 is 9.64 Å². The Morgan fingerprint density at radius 3 is 2.17 bits per heavy atom. The fourth-order valence-electron chi connectivity index (χ4n) is 6.63. The lowest BCUT2D eigenvalue weighted by molar-refractivity contribution is -0.135. The number of rotatable bonds is 6. The molecule has 0 radical (unpaired) electrons. The van der Waals surface area contributed by atoms with Crippen molar-refractivity contribution in [2.75, 3.05) is 26.2 Å². The molecule has 1 atom stereocenters. The van der Waals surface area contributed by atoms with Crippen LogP contribution in [-0.2, 0) is 27.9 Å². The van der Waals surface area contributed by atoms with Gasteiger partial charge in [-0.05, 0) is 95.5 Å². The summed E-state index contributed by atoms with van der Waals surface area (Å²) in [7, 11) is 1.74. The van der Waals surface area contributed by atoms with E-state index in [-0.39, 0.29) is 24.1 Å². The van der Waals surface area contributed by atoms with Gasteiger partial charge >= 0.3 is 11.8 Å². The fraction of sp³-hybridized carbons (Fsp3) is 0.677. The number of nitrogens with one attached hydrogen (secondary N) is 1. The average molecular weight is 568 g/mol. The zero-order valence-electron chi connectivity index (χ0n) is 25.0. The molecule has 1 aromatic carbocycles. The van der Waals surface area contributed by atoms with E-state index in [2.05, 4.69) is 22.3 Å². The first-order valence-electron chi connectivity index (χ1n) is 15.2. The lowest BCUT2D eigenvalue weighted by atomic mass is 9.85. The zero-order chi connectivity index (χ0) is 29.3. The van der Waals surface area contributed by atoms with E-state index in [0.717, 1.165) is 68.1 Å². The van der Waals surface area contributed by atoms with E-state index in [0.29, 0.717) is 12.3 Å². The van der Waals surface area contributed by atoms with Crippen LogP contribution in [0.1, 0.15) is 83.7 Å². The van der Waals surface area contributed by atoms with Gasteiger partial charge in [-0.1, -0.05) is 18.9 Å². The summed E-state index contributed by atoms with van der Waals surface area (Å²) in [5.74, 6) is 0.749. The highest BCUT2D eigenvalue weighted by atomic mass is 16.6. The molecular formula is C31H45N5O5. The van der Waals surface area contributed by atoms with Crippen LogP contribution in [0.2, 0.25) is 0 Å². The Morgan fingerprint density at radius 2 is 1.56 bits per heavy atom. The van der Waals surface area contributed by atoms with Crippen molar-refractivity contribution in [1.29, 1.82) is 0 Å². The Balaban J connectivity index is 1.09. The lowest BCUT2D eigenvalue weighted by Gasteiger charge is -2.35. The number of carbonyl (C=O) groups is 3. The highest BCUT2D eigenvalue weighted by molar-refractivity contribution is 6.00. The summed E-state index contributed by atoms with van der Waals surface area (Å²) >= 11 is 0. The van der Waals surface area contributed by atoms with Crippen molar-refractivity contribution < 1.29 is 19.1 Å². The summed E-state index contributed by atoms with van der Waals surface area (Å²) in [5, 5.41) is 2.37. The second-order valence-electron chi connectivity index (χ2n) is 13.2. The van der Waals surface area contributed by atoms with Gasteiger partial charge in [0.15, 0.2) is 0 Å². The quantitative estimate of drug-likeness (QED) is 0.530. The van der Waals surface area contributed by atoms with Gasteiger partial charge in [-0.3, -0.25) is 28.9 Å². The van der Waals surface area contributed by atoms with Gasteiger partial charge in [-0.15, -0.1) is 0 Å². The van der Waals surface area contributed by atoms with Crippen LogP contribution in [0.5, 0.6) is 0 Å². The lowest BCUT2D eigenvalue weighted by Crippen LogP contribution is -2.44. The van der Waals surface area contributed by atoms with Gasteiger partial charge in [0.1, 0.15) is 11.6 Å². The number of aryl methyl sites for hydroxylation is 1. The fourth-order valence-corrected chi connectivity index (χ4v) is 6.63. The topological polar surface area (TPSA) is 106 Å². The molecule has 5 rings (SSSR count). The van der Waals surface area contributed by atoms with Crippen molar-refractivity contribution in [3.05, 3.63) is 34.2 Å². The Bertz CT molecular complexity index is 1340. The molecule has 3 amide bonds. The number of imidazole rings is 1. The van der Waals surface area contributed by atoms with Crippen LogP contribution in [0.3, 0.4) is 0 Å². The van der Waals surface area contributed by atoms with Crippen LogP contribution < -0.4 is 11.0 Å². The van der Waals surface area contributed by atoms with E-state index in [1.165, 1.54) is 30.3 Å². The van der Waals surface area contributed by atoms with Gasteiger partial charge in [0, 0.05) is 33.1 Å². The molecule has 1 N–H and O–H groups in total. The molecule has 224 valence electrons. The Kier molecular flexibility index (Phi) is 8.59. The summed E-state index contributed by atoms with van der Waals surface area (Å²) in [6.45, 7) is 10.3. The monoisotopic (exact) mass is 567 g/mol. The zero-order valence-corrected chi connectivity index (χ0v) is 25.0. The Morgan fingerprint density at radius 1 is 0.927 bits per heavy atom. The molecule has 41 heavy (non-hydrogen) atoms. The van der Waals surface area contributed by atoms with Crippen LogP contribution in [0.25, 0.3) is 11.0 Å². The third-order valence-electron chi connectivity index (χ3n) is 9.04. The van der Waals surface area contributed by atoms with E-state index in [9.17, 15) is 19.2 Å². The van der Waals surface area contributed by atoms with Crippen molar-refractivity contribution in [2.24, 2.45) is 18.9 Å². The van der Waals surface area contributed by atoms with E-state index in [1.807, 2.05) is 31.7 Å². The molecule has 10 heteroatoms. The second-order valence-corrected chi connectivity index (χ2v) is 13.2. The highest BCUT2D eigenvalue weighted by Crippen LogP contribution is 2.30. The number of likely N-dealkylation sites (tertiary alicyclic amines) is 2. The van der Waals surface area contributed by atoms with Gasteiger partial charge in [0.2, 0.25) is 11.8 Å². The first-order valence-corrected chi connectivity index (χ1v) is 15.2. The predicted molar refractivity (Wildman–Crippen MR) is 156 cm³/mol. The number of piperidine rings is 3. The predicted octanol–water partition coefficient (Wildman–Crippen LogP) is 3.96. The number of hydrogen-bond acceptors (Lipinski definition) is 6. The third kappa shape index (κ3) is 6.85. The standard InChI is InChI=1S/C31H45N5O5/c1-31(2,3)41-30(40)35-17-13-22(14-18-35)6-5-21-11-15-34(16-12-21)20-23-7-8-24-26(19-23)33(4)29(39)36(24)25-9-10-27(37)32-28(25)38/h7-8,19,21-22,25H,5-6,9-18,20H2,1-4H3,(H,32,37,38). The van der Waals surface area contributed by atoms with E-state index < -0.39 is 17.6 Å². The molecule has 3 saturated heterocycles. The molecule has 10 nitrogen and oxygen atoms in total. The number of imide groups is 1. The van der Waals surface area contributed by atoms with Gasteiger partial charge in [-0.2, -0.15) is 0 Å². The van der Waals surface area contributed by atoms with Crippen LogP contribution in [0, 0.1) is 11.8 Å². The number of ether oxygens (including phenoxy) is 1. The maximum atomic E-state index is 13.1. The summed E-state index contributed by atoms with van der Waals surface area (Å²) in [6.07, 6.45) is 7.41. The summed E-state index contributed by atoms with van der Waals surface area (Å²) in [4.78, 5) is 53.8. The number of benzene rings is 1. The molecule has 3 fully saturated rings. The van der Waals surface area contributed by atoms with Crippen LogP contribution in [0.15, 0.2) is 23.0 Å². The average Bonchev–Trinajstić information content (AvgIpc) is 3.17. The smallest absolute Gasteiger partial charge is 0.410 e. The van der Waals surface area contributed by atoms with Crippen molar-refractivity contribution >= 4 is 28.9 Å². The minimum Gasteiger partial charge on any atom is -0.444 e. The molecule has 4 heterocycles. The molecular weight excluding hydrogens is 522 g/mol. The van der Waals surface area contributed by atoms with E-state index in [1.54, 1.807) is 11.6 Å². The van der Waals surface area contributed by atoms with Crippen LogP contribution in [-0.4, -0.2) is 68.6 Å². The third-order valence-corrected chi connectivity index (χ3v) is 9.04. The molecule has 1 aromatic heterocycles. The van der Waals surface area contributed by atoms with Crippen molar-refractivity contribution in [3.63, 3.8) is 0 Å².